The summed E-state index contributed by atoms with van der Waals surface area (Å²) in [7, 11) is -2.41. The molecule has 7 nitrogen and oxygen atoms in total. The van der Waals surface area contributed by atoms with Crippen molar-refractivity contribution < 1.29 is 22.7 Å². The van der Waals surface area contributed by atoms with E-state index in [1.54, 1.807) is 32.2 Å². The normalized spacial score (nSPS) is 16.9. The Morgan fingerprint density at radius 1 is 1.19 bits per heavy atom. The molecule has 1 aliphatic rings. The number of hydrogen-bond acceptors (Lipinski definition) is 7. The molecule has 1 saturated heterocycles. The molecule has 32 heavy (non-hydrogen) atoms. The number of carbonyl (C=O) groups is 1. The van der Waals surface area contributed by atoms with Crippen LogP contribution in [0, 0.1) is 0 Å². The van der Waals surface area contributed by atoms with Crippen LogP contribution < -0.4 is 9.47 Å². The second kappa shape index (κ2) is 10.7. The summed E-state index contributed by atoms with van der Waals surface area (Å²) in [6.45, 7) is 4.73. The van der Waals surface area contributed by atoms with Crippen LogP contribution in [0.4, 0.5) is 0 Å². The van der Waals surface area contributed by atoms with Gasteiger partial charge in [-0.2, -0.15) is 8.42 Å². The maximum Gasteiger partial charge on any atom is 0.294 e. The van der Waals surface area contributed by atoms with Crippen molar-refractivity contribution >= 4 is 61.9 Å². The minimum absolute atomic E-state index is 0.0277. The van der Waals surface area contributed by atoms with Crippen molar-refractivity contribution in [2.75, 3.05) is 20.3 Å². The Morgan fingerprint density at radius 3 is 2.59 bits per heavy atom. The van der Waals surface area contributed by atoms with Gasteiger partial charge >= 0.3 is 0 Å². The molecule has 0 unspecified atom stereocenters. The van der Waals surface area contributed by atoms with Gasteiger partial charge in [-0.1, -0.05) is 31.0 Å². The summed E-state index contributed by atoms with van der Waals surface area (Å²) in [5, 5.41) is 0.111. The molecule has 1 aromatic heterocycles. The number of hydrogen-bond donors (Lipinski definition) is 0. The zero-order valence-electron chi connectivity index (χ0n) is 17.8. The van der Waals surface area contributed by atoms with Crippen LogP contribution in [-0.2, 0) is 14.8 Å². The molecule has 1 aliphatic heterocycles. The molecule has 3 rings (SSSR count). The fourth-order valence-corrected chi connectivity index (χ4v) is 6.52. The molecule has 2 aromatic rings. The van der Waals surface area contributed by atoms with Gasteiger partial charge in [0.2, 0.25) is 0 Å². The molecule has 0 spiro atoms. The summed E-state index contributed by atoms with van der Waals surface area (Å²) in [5.41, 5.74) is 0.728. The van der Waals surface area contributed by atoms with E-state index in [-0.39, 0.29) is 21.8 Å². The number of methoxy groups -OCH3 is 1. The lowest BCUT2D eigenvalue weighted by atomic mass is 10.2. The minimum Gasteiger partial charge on any atom is -0.493 e. The first-order valence-electron chi connectivity index (χ1n) is 9.91. The third-order valence-electron chi connectivity index (χ3n) is 4.45. The van der Waals surface area contributed by atoms with Crippen molar-refractivity contribution in [1.82, 2.24) is 4.90 Å². The number of unbranched alkanes of at least 4 members (excludes halogenated alkanes) is 1. The first-order valence-corrected chi connectivity index (χ1v) is 13.4. The molecule has 1 amide bonds. The summed E-state index contributed by atoms with van der Waals surface area (Å²) in [5.74, 6) is 0.883. The summed E-state index contributed by atoms with van der Waals surface area (Å²) >= 11 is 7.79. The maximum atomic E-state index is 12.9. The molecule has 0 radical (unpaired) electrons. The van der Waals surface area contributed by atoms with Crippen molar-refractivity contribution in [3.8, 4) is 11.5 Å². The number of amidine groups is 1. The molecule has 11 heteroatoms. The average Bonchev–Trinajstić information content (AvgIpc) is 3.32. The van der Waals surface area contributed by atoms with Gasteiger partial charge in [0, 0.05) is 6.54 Å². The lowest BCUT2D eigenvalue weighted by Gasteiger charge is -2.12. The topological polar surface area (TPSA) is 85.3 Å². The summed E-state index contributed by atoms with van der Waals surface area (Å²) in [4.78, 5) is 14.6. The number of carbonyl (C=O) groups excluding carboxylic acids is 1. The number of benzene rings is 1. The smallest absolute Gasteiger partial charge is 0.294 e. The largest absolute Gasteiger partial charge is 0.493 e. The summed E-state index contributed by atoms with van der Waals surface area (Å²) < 4.78 is 40.7. The van der Waals surface area contributed by atoms with Crippen LogP contribution in [0.1, 0.15) is 32.3 Å². The number of amides is 1. The van der Waals surface area contributed by atoms with E-state index in [1.165, 1.54) is 17.0 Å². The predicted molar refractivity (Wildman–Crippen MR) is 130 cm³/mol. The molecule has 0 aliphatic carbocycles. The Kier molecular flexibility index (Phi) is 8.26. The molecule has 1 aromatic carbocycles. The van der Waals surface area contributed by atoms with Crippen molar-refractivity contribution in [3.63, 3.8) is 0 Å². The van der Waals surface area contributed by atoms with Crippen molar-refractivity contribution in [2.24, 2.45) is 4.40 Å². The van der Waals surface area contributed by atoms with E-state index in [4.69, 9.17) is 21.1 Å². The molecule has 0 bridgehead atoms. The fourth-order valence-electron chi connectivity index (χ4n) is 2.81. The SMILES string of the molecule is CCCCOc1ccc(/C=C2\S/C(=N/S(=O)(=O)c3ccc(Cl)s3)N(CC)C2=O)cc1OC. The molecular formula is C21H23ClN2O5S3. The molecular weight excluding hydrogens is 492 g/mol. The Morgan fingerprint density at radius 2 is 1.97 bits per heavy atom. The zero-order valence-corrected chi connectivity index (χ0v) is 21.0. The highest BCUT2D eigenvalue weighted by Crippen LogP contribution is 2.36. The van der Waals surface area contributed by atoms with Crippen molar-refractivity contribution in [1.29, 1.82) is 0 Å². The second-order valence-corrected chi connectivity index (χ2v) is 11.2. The van der Waals surface area contributed by atoms with Crippen LogP contribution in [0.2, 0.25) is 4.34 Å². The highest BCUT2D eigenvalue weighted by molar-refractivity contribution is 8.19. The second-order valence-electron chi connectivity index (χ2n) is 6.68. The Labute approximate surface area is 201 Å². The highest BCUT2D eigenvalue weighted by Gasteiger charge is 2.34. The van der Waals surface area contributed by atoms with Gasteiger partial charge in [0.05, 0.1) is 23.0 Å². The number of thiophene rings is 1. The van der Waals surface area contributed by atoms with Crippen LogP contribution in [0.3, 0.4) is 0 Å². The van der Waals surface area contributed by atoms with Crippen molar-refractivity contribution in [2.45, 2.75) is 30.9 Å². The number of likely N-dealkylation sites (N-methyl/N-ethyl adjacent to an activating group) is 1. The number of sulfonamides is 1. The number of nitrogens with zero attached hydrogens (tertiary/aromatic N) is 2. The molecule has 1 fully saturated rings. The third kappa shape index (κ3) is 5.67. The Bertz CT molecular complexity index is 1160. The van der Waals surface area contributed by atoms with Crippen molar-refractivity contribution in [3.05, 3.63) is 45.1 Å². The van der Waals surface area contributed by atoms with E-state index < -0.39 is 10.0 Å². The standard InChI is InChI=1S/C21H23ClN2O5S3/c1-4-6-11-29-15-8-7-14(12-16(15)28-3)13-17-20(25)24(5-2)21(30-17)23-32(26,27)19-10-9-18(22)31-19/h7-10,12-13H,4-6,11H2,1-3H3/b17-13-,23-21+. The van der Waals surface area contributed by atoms with E-state index in [0.717, 1.165) is 41.5 Å². The highest BCUT2D eigenvalue weighted by atomic mass is 35.5. The first kappa shape index (κ1) is 24.6. The summed E-state index contributed by atoms with van der Waals surface area (Å²) in [6.07, 6.45) is 3.65. The van der Waals surface area contributed by atoms with Gasteiger partial charge in [-0.15, -0.1) is 15.7 Å². The van der Waals surface area contributed by atoms with Gasteiger partial charge in [0.1, 0.15) is 4.21 Å². The van der Waals surface area contributed by atoms with Crippen LogP contribution in [-0.4, -0.2) is 44.7 Å². The Balaban J connectivity index is 1.88. The lowest BCUT2D eigenvalue weighted by molar-refractivity contribution is -0.122. The van der Waals surface area contributed by atoms with Gasteiger partial charge in [0.25, 0.3) is 15.9 Å². The first-order chi connectivity index (χ1) is 15.3. The molecule has 172 valence electrons. The fraction of sp³-hybridized carbons (Fsp3) is 0.333. The number of halogens is 1. The van der Waals surface area contributed by atoms with Gasteiger partial charge < -0.3 is 9.47 Å². The van der Waals surface area contributed by atoms with Gasteiger partial charge in [-0.05, 0) is 61.0 Å². The van der Waals surface area contributed by atoms with E-state index >= 15 is 0 Å². The van der Waals surface area contributed by atoms with E-state index in [2.05, 4.69) is 11.3 Å². The molecule has 0 saturated carbocycles. The van der Waals surface area contributed by atoms with Gasteiger partial charge in [-0.3, -0.25) is 9.69 Å². The average molecular weight is 515 g/mol. The number of ether oxygens (including phenoxy) is 2. The number of thioether (sulfide) groups is 1. The Hall–Kier alpha value is -2.01. The quantitative estimate of drug-likeness (QED) is 0.335. The van der Waals surface area contributed by atoms with E-state index in [1.807, 2.05) is 6.07 Å². The molecule has 0 atom stereocenters. The van der Waals surface area contributed by atoms with Gasteiger partial charge in [0.15, 0.2) is 16.7 Å². The number of rotatable bonds is 9. The van der Waals surface area contributed by atoms with E-state index in [9.17, 15) is 13.2 Å². The van der Waals surface area contributed by atoms with Gasteiger partial charge in [-0.25, -0.2) is 0 Å². The van der Waals surface area contributed by atoms with Crippen LogP contribution in [0.25, 0.3) is 6.08 Å². The maximum absolute atomic E-state index is 12.9. The zero-order chi connectivity index (χ0) is 23.3. The predicted octanol–water partition coefficient (Wildman–Crippen LogP) is 5.27. The monoisotopic (exact) mass is 514 g/mol. The van der Waals surface area contributed by atoms with Crippen LogP contribution in [0.15, 0.2) is 43.8 Å². The van der Waals surface area contributed by atoms with E-state index in [0.29, 0.717) is 27.3 Å². The third-order valence-corrected chi connectivity index (χ3v) is 8.53. The minimum atomic E-state index is -3.97. The molecule has 0 N–H and O–H groups in total. The van der Waals surface area contributed by atoms with Crippen LogP contribution in [0.5, 0.6) is 11.5 Å². The molecule has 2 heterocycles. The van der Waals surface area contributed by atoms with Crippen LogP contribution >= 0.6 is 34.7 Å². The summed E-state index contributed by atoms with van der Waals surface area (Å²) in [6, 6.07) is 8.29. The lowest BCUT2D eigenvalue weighted by Crippen LogP contribution is -2.29.